The van der Waals surface area contributed by atoms with Crippen molar-refractivity contribution in [2.24, 2.45) is 7.05 Å². The highest BCUT2D eigenvalue weighted by Crippen LogP contribution is 2.28. The van der Waals surface area contributed by atoms with E-state index < -0.39 is 17.2 Å². The van der Waals surface area contributed by atoms with Crippen LogP contribution in [0.5, 0.6) is 0 Å². The summed E-state index contributed by atoms with van der Waals surface area (Å²) in [6, 6.07) is 7.34. The average molecular weight is 523 g/mol. The molecule has 0 saturated carbocycles. The monoisotopic (exact) mass is 522 g/mol. The van der Waals surface area contributed by atoms with E-state index in [-0.39, 0.29) is 18.1 Å². The largest absolute Gasteiger partial charge is 0.464 e. The van der Waals surface area contributed by atoms with Crippen molar-refractivity contribution < 1.29 is 14.3 Å². The molecule has 1 aliphatic rings. The van der Waals surface area contributed by atoms with Gasteiger partial charge < -0.3 is 24.5 Å². The summed E-state index contributed by atoms with van der Waals surface area (Å²) in [6.45, 7) is 5.11. The van der Waals surface area contributed by atoms with Crippen molar-refractivity contribution in [2.45, 2.75) is 19.9 Å². The van der Waals surface area contributed by atoms with E-state index in [1.54, 1.807) is 7.05 Å². The number of benzene rings is 1. The van der Waals surface area contributed by atoms with Gasteiger partial charge in [0.1, 0.15) is 5.69 Å². The number of carbonyl (C=O) groups excluding carboxylic acids is 2. The lowest BCUT2D eigenvalue weighted by Gasteiger charge is -2.35. The van der Waals surface area contributed by atoms with Gasteiger partial charge in [0.2, 0.25) is 11.9 Å². The van der Waals surface area contributed by atoms with Gasteiger partial charge in [-0.1, -0.05) is 25.1 Å². The normalized spacial score (nSPS) is 14.3. The van der Waals surface area contributed by atoms with Crippen molar-refractivity contribution in [3.63, 3.8) is 0 Å². The quantitative estimate of drug-likeness (QED) is 0.303. The van der Waals surface area contributed by atoms with Gasteiger partial charge in [-0.15, -0.1) is 0 Å². The van der Waals surface area contributed by atoms with E-state index in [2.05, 4.69) is 25.2 Å². The highest BCUT2D eigenvalue weighted by Gasteiger charge is 2.26. The van der Waals surface area contributed by atoms with Crippen molar-refractivity contribution >= 4 is 45.6 Å². The first-order valence-corrected chi connectivity index (χ1v) is 12.5. The zero-order valence-corrected chi connectivity index (χ0v) is 21.5. The molecule has 0 atom stereocenters. The van der Waals surface area contributed by atoms with Crippen LogP contribution in [0.2, 0.25) is 0 Å². The Labute approximate surface area is 217 Å². The number of aryl methyl sites for hydroxylation is 2. The molecule has 5 rings (SSSR count). The molecular formula is C25H30N8O5. The van der Waals surface area contributed by atoms with E-state index in [1.165, 1.54) is 11.7 Å². The van der Waals surface area contributed by atoms with E-state index in [1.807, 2.05) is 40.7 Å². The van der Waals surface area contributed by atoms with E-state index in [0.29, 0.717) is 55.5 Å². The van der Waals surface area contributed by atoms with Crippen LogP contribution >= 0.6 is 0 Å². The fraction of sp³-hybridized carbons (Fsp3) is 0.400. The number of carbonyl (C=O) groups is 2. The molecule has 0 spiro atoms. The number of nitrogens with zero attached hydrogens (tertiary/aromatic N) is 5. The van der Waals surface area contributed by atoms with E-state index in [0.717, 1.165) is 17.3 Å². The minimum absolute atomic E-state index is 0.146. The fourth-order valence-corrected chi connectivity index (χ4v) is 4.91. The highest BCUT2D eigenvalue weighted by atomic mass is 16.5. The Morgan fingerprint density at radius 2 is 1.84 bits per heavy atom. The number of piperazine rings is 1. The molecule has 4 heterocycles. The van der Waals surface area contributed by atoms with Gasteiger partial charge in [0.25, 0.3) is 5.56 Å². The molecule has 1 saturated heterocycles. The van der Waals surface area contributed by atoms with Crippen molar-refractivity contribution in [1.29, 1.82) is 0 Å². The Balaban J connectivity index is 1.31. The van der Waals surface area contributed by atoms with E-state index >= 15 is 0 Å². The van der Waals surface area contributed by atoms with Crippen molar-refractivity contribution in [3.05, 3.63) is 50.8 Å². The Morgan fingerprint density at radius 3 is 2.55 bits per heavy atom. The number of rotatable bonds is 7. The van der Waals surface area contributed by atoms with Gasteiger partial charge in [-0.25, -0.2) is 9.59 Å². The van der Waals surface area contributed by atoms with Crippen LogP contribution in [0.1, 0.15) is 23.8 Å². The molecule has 200 valence electrons. The highest BCUT2D eigenvalue weighted by molar-refractivity contribution is 6.11. The average Bonchev–Trinajstić information content (AvgIpc) is 3.47. The second-order valence-electron chi connectivity index (χ2n) is 9.28. The Hall–Kier alpha value is -4.39. The first-order chi connectivity index (χ1) is 18.3. The smallest absolute Gasteiger partial charge is 0.356 e. The van der Waals surface area contributed by atoms with Crippen LogP contribution < -0.4 is 21.5 Å². The summed E-state index contributed by atoms with van der Waals surface area (Å²) < 4.78 is 8.09. The van der Waals surface area contributed by atoms with Gasteiger partial charge in [-0.2, -0.15) is 4.98 Å². The number of anilines is 2. The fourth-order valence-electron chi connectivity index (χ4n) is 4.91. The van der Waals surface area contributed by atoms with E-state index in [4.69, 9.17) is 4.74 Å². The molecule has 0 aliphatic carbocycles. The van der Waals surface area contributed by atoms with Gasteiger partial charge in [0.15, 0.2) is 11.2 Å². The number of fused-ring (bicyclic) bond motifs is 2. The van der Waals surface area contributed by atoms with Gasteiger partial charge in [-0.3, -0.25) is 24.0 Å². The number of nitrogens with one attached hydrogen (secondary N) is 3. The predicted molar refractivity (Wildman–Crippen MR) is 143 cm³/mol. The molecule has 1 aliphatic heterocycles. The van der Waals surface area contributed by atoms with Crippen LogP contribution in [0.15, 0.2) is 33.9 Å². The summed E-state index contributed by atoms with van der Waals surface area (Å²) in [5.74, 6) is -0.163. The van der Waals surface area contributed by atoms with Crippen LogP contribution in [0.4, 0.5) is 11.6 Å². The maximum Gasteiger partial charge on any atom is 0.356 e. The molecular weight excluding hydrogens is 492 g/mol. The third-order valence-electron chi connectivity index (χ3n) is 6.82. The molecule has 4 aromatic rings. The van der Waals surface area contributed by atoms with Gasteiger partial charge >= 0.3 is 11.7 Å². The van der Waals surface area contributed by atoms with E-state index in [9.17, 15) is 19.2 Å². The Kier molecular flexibility index (Phi) is 6.76. The number of hydrogen-bond donors (Lipinski definition) is 3. The minimum atomic E-state index is -0.559. The Bertz CT molecular complexity index is 1640. The minimum Gasteiger partial charge on any atom is -0.464 e. The summed E-state index contributed by atoms with van der Waals surface area (Å²) in [6.07, 6.45) is 0.794. The number of imidazole rings is 1. The topological polar surface area (TPSA) is 150 Å². The lowest BCUT2D eigenvalue weighted by Crippen LogP contribution is -2.49. The first-order valence-electron chi connectivity index (χ1n) is 12.5. The predicted octanol–water partition coefficient (Wildman–Crippen LogP) is 0.862. The number of ether oxygens (including phenoxy) is 1. The molecule has 1 fully saturated rings. The summed E-state index contributed by atoms with van der Waals surface area (Å²) in [7, 11) is 2.88. The van der Waals surface area contributed by atoms with Crippen LogP contribution in [-0.4, -0.2) is 80.7 Å². The summed E-state index contributed by atoms with van der Waals surface area (Å²) >= 11 is 0. The maximum atomic E-state index is 13.0. The second kappa shape index (κ2) is 10.2. The number of aromatic amines is 2. The zero-order valence-electron chi connectivity index (χ0n) is 21.5. The Morgan fingerprint density at radius 1 is 1.11 bits per heavy atom. The van der Waals surface area contributed by atoms with Crippen molar-refractivity contribution in [2.75, 3.05) is 50.1 Å². The maximum absolute atomic E-state index is 13.0. The molecule has 3 aromatic heterocycles. The van der Waals surface area contributed by atoms with Crippen molar-refractivity contribution in [3.8, 4) is 0 Å². The molecule has 3 N–H and O–H groups in total. The lowest BCUT2D eigenvalue weighted by atomic mass is 10.2. The number of hydrogen-bond acceptors (Lipinski definition) is 8. The third-order valence-corrected chi connectivity index (χ3v) is 6.82. The molecule has 0 radical (unpaired) electrons. The van der Waals surface area contributed by atoms with Gasteiger partial charge in [0, 0.05) is 50.7 Å². The molecule has 13 heteroatoms. The number of esters is 1. The standard InChI is InChI=1S/C25H30N8O5/c1-4-9-33-20-21(30(2)25(37)29-22(20)35)28-24(33)32-12-10-31(11-13-32)14-17(34)27-18-15-7-5-6-8-16(15)26-19(18)23(36)38-3/h5-8,26H,4,9-14H2,1-3H3,(H,27,34)(H,29,35,37). The summed E-state index contributed by atoms with van der Waals surface area (Å²) in [4.78, 5) is 64.1. The zero-order chi connectivity index (χ0) is 27.0. The SMILES string of the molecule is CCCn1c(N2CCN(CC(=O)Nc3c(C(=O)OC)[nH]c4ccccc34)CC2)nc2c1c(=O)[nH]c(=O)n2C. The number of aromatic nitrogens is 5. The number of H-pyrrole nitrogens is 2. The van der Waals surface area contributed by atoms with Crippen molar-refractivity contribution in [1.82, 2.24) is 29.0 Å². The molecule has 0 unspecified atom stereocenters. The molecule has 1 aromatic carbocycles. The van der Waals surface area contributed by atoms with Crippen LogP contribution in [0.3, 0.4) is 0 Å². The van der Waals surface area contributed by atoms with Crippen LogP contribution in [-0.2, 0) is 23.1 Å². The van der Waals surface area contributed by atoms with Crippen LogP contribution in [0.25, 0.3) is 22.1 Å². The van der Waals surface area contributed by atoms with Gasteiger partial charge in [-0.05, 0) is 12.5 Å². The number of amides is 1. The number of methoxy groups -OCH3 is 1. The first kappa shape index (κ1) is 25.3. The number of para-hydroxylation sites is 1. The molecule has 0 bridgehead atoms. The molecule has 38 heavy (non-hydrogen) atoms. The summed E-state index contributed by atoms with van der Waals surface area (Å²) in [5.41, 5.74) is 1.11. The van der Waals surface area contributed by atoms with Gasteiger partial charge in [0.05, 0.1) is 19.3 Å². The second-order valence-corrected chi connectivity index (χ2v) is 9.28. The summed E-state index contributed by atoms with van der Waals surface area (Å²) in [5, 5.41) is 3.61. The third kappa shape index (κ3) is 4.45. The molecule has 1 amide bonds. The van der Waals surface area contributed by atoms with Crippen LogP contribution in [0, 0.1) is 0 Å². The lowest BCUT2D eigenvalue weighted by molar-refractivity contribution is -0.117. The molecule has 13 nitrogen and oxygen atoms in total.